The maximum absolute atomic E-state index is 12.3. The first-order valence-electron chi connectivity index (χ1n) is 8.62. The van der Waals surface area contributed by atoms with Crippen LogP contribution >= 0.6 is 24.0 Å². The number of nitrogens with one attached hydrogen (secondary N) is 2. The fourth-order valence-corrected chi connectivity index (χ4v) is 3.76. The Bertz CT molecular complexity index is 528. The predicted molar refractivity (Wildman–Crippen MR) is 104 cm³/mol. The van der Waals surface area contributed by atoms with Crippen molar-refractivity contribution in [3.63, 3.8) is 0 Å². The lowest BCUT2D eigenvalue weighted by Crippen LogP contribution is -2.38. The molecule has 1 heterocycles. The van der Waals surface area contributed by atoms with Crippen LogP contribution in [0.2, 0.25) is 5.02 Å². The van der Waals surface area contributed by atoms with E-state index in [0.29, 0.717) is 24.8 Å². The maximum Gasteiger partial charge on any atom is 0.220 e. The lowest BCUT2D eigenvalue weighted by molar-refractivity contribution is -0.122. The second-order valence-electron chi connectivity index (χ2n) is 7.41. The molecule has 136 valence electrons. The van der Waals surface area contributed by atoms with Crippen molar-refractivity contribution in [2.75, 3.05) is 19.6 Å². The summed E-state index contributed by atoms with van der Waals surface area (Å²) in [5, 5.41) is 7.24. The number of amides is 1. The second kappa shape index (κ2) is 9.65. The lowest BCUT2D eigenvalue weighted by Gasteiger charge is -2.29. The number of halogens is 2. The van der Waals surface area contributed by atoms with Crippen LogP contribution in [0.3, 0.4) is 0 Å². The van der Waals surface area contributed by atoms with Gasteiger partial charge >= 0.3 is 0 Å². The van der Waals surface area contributed by atoms with Gasteiger partial charge < -0.3 is 10.6 Å². The van der Waals surface area contributed by atoms with Crippen molar-refractivity contribution >= 4 is 29.9 Å². The van der Waals surface area contributed by atoms with Crippen LogP contribution in [0.25, 0.3) is 0 Å². The van der Waals surface area contributed by atoms with Gasteiger partial charge in [-0.1, -0.05) is 50.6 Å². The number of carbonyl (C=O) groups is 1. The molecule has 2 rings (SSSR count). The number of hydrogen-bond acceptors (Lipinski definition) is 2. The van der Waals surface area contributed by atoms with Gasteiger partial charge in [0.2, 0.25) is 5.91 Å². The van der Waals surface area contributed by atoms with E-state index in [-0.39, 0.29) is 23.7 Å². The van der Waals surface area contributed by atoms with Crippen molar-refractivity contribution in [3.8, 4) is 0 Å². The third-order valence-corrected chi connectivity index (χ3v) is 5.36. The summed E-state index contributed by atoms with van der Waals surface area (Å²) in [6, 6.07) is 7.86. The van der Waals surface area contributed by atoms with Crippen LogP contribution in [-0.4, -0.2) is 25.5 Å². The zero-order chi connectivity index (χ0) is 16.9. The normalized spacial score (nSPS) is 17.0. The Morgan fingerprint density at radius 3 is 2.58 bits per heavy atom. The van der Waals surface area contributed by atoms with E-state index in [0.717, 1.165) is 23.7 Å². The second-order valence-corrected chi connectivity index (χ2v) is 7.82. The Morgan fingerprint density at radius 1 is 1.33 bits per heavy atom. The molecule has 0 bridgehead atoms. The van der Waals surface area contributed by atoms with E-state index in [2.05, 4.69) is 31.4 Å². The molecule has 1 aromatic carbocycles. The van der Waals surface area contributed by atoms with Crippen LogP contribution in [-0.2, 0) is 10.2 Å². The van der Waals surface area contributed by atoms with Crippen LogP contribution in [0, 0.1) is 11.8 Å². The molecule has 3 nitrogen and oxygen atoms in total. The number of rotatable bonds is 6. The number of piperidine rings is 1. The average Bonchev–Trinajstić information content (AvgIpc) is 2.54. The SMILES string of the molecule is CC(CC(=O)NCC(C)(C)c1ccccc1Cl)C1CCNCC1.Cl. The summed E-state index contributed by atoms with van der Waals surface area (Å²) in [6.07, 6.45) is 2.97. The standard InChI is InChI=1S/C19H29ClN2O.ClH/c1-14(15-8-10-21-11-9-15)12-18(23)22-13-19(2,3)16-6-4-5-7-17(16)20;/h4-7,14-15,21H,8-13H2,1-3H3,(H,22,23);1H. The van der Waals surface area contributed by atoms with Crippen molar-refractivity contribution < 1.29 is 4.79 Å². The summed E-state index contributed by atoms with van der Waals surface area (Å²) in [7, 11) is 0. The zero-order valence-electron chi connectivity index (χ0n) is 14.9. The molecule has 0 aliphatic carbocycles. The molecule has 1 atom stereocenters. The van der Waals surface area contributed by atoms with E-state index in [9.17, 15) is 4.79 Å². The molecule has 0 saturated carbocycles. The molecular formula is C19H30Cl2N2O. The van der Waals surface area contributed by atoms with Crippen LogP contribution in [0.4, 0.5) is 0 Å². The largest absolute Gasteiger partial charge is 0.355 e. The predicted octanol–water partition coefficient (Wildman–Crippen LogP) is 4.18. The highest BCUT2D eigenvalue weighted by molar-refractivity contribution is 6.31. The number of carbonyl (C=O) groups excluding carboxylic acids is 1. The van der Waals surface area contributed by atoms with Gasteiger partial charge in [-0.15, -0.1) is 12.4 Å². The molecule has 1 aliphatic heterocycles. The summed E-state index contributed by atoms with van der Waals surface area (Å²) in [5.74, 6) is 1.26. The Labute approximate surface area is 157 Å². The molecule has 0 radical (unpaired) electrons. The first-order chi connectivity index (χ1) is 10.9. The van der Waals surface area contributed by atoms with E-state index in [4.69, 9.17) is 11.6 Å². The van der Waals surface area contributed by atoms with Crippen LogP contribution in [0.15, 0.2) is 24.3 Å². The first-order valence-corrected chi connectivity index (χ1v) is 9.00. The molecule has 1 unspecified atom stereocenters. The molecule has 0 aromatic heterocycles. The highest BCUT2D eigenvalue weighted by Gasteiger charge is 2.25. The van der Waals surface area contributed by atoms with Crippen molar-refractivity contribution in [3.05, 3.63) is 34.9 Å². The van der Waals surface area contributed by atoms with Crippen molar-refractivity contribution in [2.24, 2.45) is 11.8 Å². The number of hydrogen-bond donors (Lipinski definition) is 2. The highest BCUT2D eigenvalue weighted by atomic mass is 35.5. The van der Waals surface area contributed by atoms with Crippen molar-refractivity contribution in [1.29, 1.82) is 0 Å². The van der Waals surface area contributed by atoms with Gasteiger partial charge in [-0.05, 0) is 49.4 Å². The monoisotopic (exact) mass is 372 g/mol. The fraction of sp³-hybridized carbons (Fsp3) is 0.632. The molecule has 1 fully saturated rings. The van der Waals surface area contributed by atoms with E-state index in [1.807, 2.05) is 24.3 Å². The summed E-state index contributed by atoms with van der Waals surface area (Å²) in [4.78, 5) is 12.3. The zero-order valence-corrected chi connectivity index (χ0v) is 16.5. The molecule has 1 amide bonds. The molecule has 1 saturated heterocycles. The van der Waals surface area contributed by atoms with Gasteiger partial charge in [-0.3, -0.25) is 4.79 Å². The minimum Gasteiger partial charge on any atom is -0.355 e. The quantitative estimate of drug-likeness (QED) is 0.785. The van der Waals surface area contributed by atoms with Crippen LogP contribution in [0.5, 0.6) is 0 Å². The van der Waals surface area contributed by atoms with E-state index < -0.39 is 0 Å². The molecule has 2 N–H and O–H groups in total. The Morgan fingerprint density at radius 2 is 1.96 bits per heavy atom. The first kappa shape index (κ1) is 21.3. The van der Waals surface area contributed by atoms with Crippen LogP contribution < -0.4 is 10.6 Å². The average molecular weight is 373 g/mol. The fourth-order valence-electron chi connectivity index (χ4n) is 3.37. The summed E-state index contributed by atoms with van der Waals surface area (Å²) < 4.78 is 0. The molecule has 5 heteroatoms. The molecule has 24 heavy (non-hydrogen) atoms. The van der Waals surface area contributed by atoms with Crippen molar-refractivity contribution in [1.82, 2.24) is 10.6 Å². The maximum atomic E-state index is 12.3. The smallest absolute Gasteiger partial charge is 0.220 e. The Balaban J connectivity index is 0.00000288. The molecule has 0 spiro atoms. The summed E-state index contributed by atoms with van der Waals surface area (Å²) in [5.41, 5.74) is 0.903. The summed E-state index contributed by atoms with van der Waals surface area (Å²) in [6.45, 7) is 9.20. The molecule has 1 aromatic rings. The van der Waals surface area contributed by atoms with E-state index >= 15 is 0 Å². The van der Waals surface area contributed by atoms with Gasteiger partial charge in [0.15, 0.2) is 0 Å². The minimum atomic E-state index is -0.175. The topological polar surface area (TPSA) is 41.1 Å². The minimum absolute atomic E-state index is 0. The van der Waals surface area contributed by atoms with Gasteiger partial charge in [0.1, 0.15) is 0 Å². The summed E-state index contributed by atoms with van der Waals surface area (Å²) >= 11 is 6.29. The highest BCUT2D eigenvalue weighted by Crippen LogP contribution is 2.29. The van der Waals surface area contributed by atoms with Crippen LogP contribution in [0.1, 0.15) is 45.6 Å². The third-order valence-electron chi connectivity index (χ3n) is 5.03. The van der Waals surface area contributed by atoms with Gasteiger partial charge in [0, 0.05) is 23.4 Å². The van der Waals surface area contributed by atoms with Crippen molar-refractivity contribution in [2.45, 2.75) is 45.4 Å². The van der Waals surface area contributed by atoms with Gasteiger partial charge in [-0.2, -0.15) is 0 Å². The van der Waals surface area contributed by atoms with Gasteiger partial charge in [-0.25, -0.2) is 0 Å². The Hall–Kier alpha value is -0.770. The molecule has 1 aliphatic rings. The third kappa shape index (κ3) is 5.94. The Kier molecular flexibility index (Phi) is 8.55. The van der Waals surface area contributed by atoms with Gasteiger partial charge in [0.25, 0.3) is 0 Å². The van der Waals surface area contributed by atoms with Gasteiger partial charge in [0.05, 0.1) is 0 Å². The molecular weight excluding hydrogens is 343 g/mol. The van der Waals surface area contributed by atoms with E-state index in [1.54, 1.807) is 0 Å². The lowest BCUT2D eigenvalue weighted by atomic mass is 9.83. The number of benzene rings is 1. The van der Waals surface area contributed by atoms with E-state index in [1.165, 1.54) is 12.8 Å².